The van der Waals surface area contributed by atoms with Crippen molar-refractivity contribution >= 4 is 0 Å². The monoisotopic (exact) mass is 234 g/mol. The first-order valence-electron chi connectivity index (χ1n) is 6.87. The third-order valence-corrected chi connectivity index (χ3v) is 3.78. The Hall–Kier alpha value is -0.870. The highest BCUT2D eigenvalue weighted by atomic mass is 15.2. The van der Waals surface area contributed by atoms with Gasteiger partial charge in [0.25, 0.3) is 0 Å². The van der Waals surface area contributed by atoms with Gasteiger partial charge in [0, 0.05) is 31.5 Å². The fourth-order valence-corrected chi connectivity index (χ4v) is 2.49. The summed E-state index contributed by atoms with van der Waals surface area (Å²) in [4.78, 5) is 7.00. The third kappa shape index (κ3) is 3.07. The Morgan fingerprint density at radius 3 is 2.82 bits per heavy atom. The maximum atomic E-state index is 4.44. The minimum atomic E-state index is 0.763. The van der Waals surface area contributed by atoms with Crippen molar-refractivity contribution in [1.82, 2.24) is 19.8 Å². The van der Waals surface area contributed by atoms with E-state index >= 15 is 0 Å². The van der Waals surface area contributed by atoms with E-state index in [0.717, 1.165) is 19.1 Å². The Morgan fingerprint density at radius 2 is 2.06 bits per heavy atom. The van der Waals surface area contributed by atoms with E-state index in [1.54, 1.807) is 0 Å². The quantitative estimate of drug-likeness (QED) is 0.803. The molecule has 1 saturated carbocycles. The molecule has 0 radical (unpaired) electrons. The van der Waals surface area contributed by atoms with Crippen LogP contribution in [0.1, 0.15) is 31.5 Å². The summed E-state index contributed by atoms with van der Waals surface area (Å²) in [7, 11) is 0. The van der Waals surface area contributed by atoms with Crippen molar-refractivity contribution in [3.8, 4) is 0 Å². The van der Waals surface area contributed by atoms with Crippen LogP contribution in [-0.2, 0) is 13.1 Å². The van der Waals surface area contributed by atoms with Crippen LogP contribution in [-0.4, -0.2) is 40.1 Å². The molecule has 0 atom stereocenters. The van der Waals surface area contributed by atoms with Gasteiger partial charge in [-0.3, -0.25) is 0 Å². The Morgan fingerprint density at radius 1 is 1.24 bits per heavy atom. The fraction of sp³-hybridized carbons (Fsp3) is 0.769. The molecule has 0 amide bonds. The molecule has 1 saturated heterocycles. The lowest BCUT2D eigenvalue weighted by molar-refractivity contribution is 0.320. The minimum Gasteiger partial charge on any atom is -0.333 e. The topological polar surface area (TPSA) is 33.1 Å². The van der Waals surface area contributed by atoms with Gasteiger partial charge in [0.05, 0.1) is 6.54 Å². The summed E-state index contributed by atoms with van der Waals surface area (Å²) in [6.45, 7) is 5.75. The van der Waals surface area contributed by atoms with Gasteiger partial charge in [0.2, 0.25) is 0 Å². The molecule has 0 unspecified atom stereocenters. The lowest BCUT2D eigenvalue weighted by Gasteiger charge is -2.16. The molecule has 17 heavy (non-hydrogen) atoms. The second-order valence-electron chi connectivity index (χ2n) is 5.24. The van der Waals surface area contributed by atoms with E-state index in [1.165, 1.54) is 51.1 Å². The summed E-state index contributed by atoms with van der Waals surface area (Å²) in [5, 5.41) is 3.53. The second kappa shape index (κ2) is 5.19. The average Bonchev–Trinajstić information content (AvgIpc) is 2.86. The lowest BCUT2D eigenvalue weighted by Crippen LogP contribution is -2.25. The second-order valence-corrected chi connectivity index (χ2v) is 5.24. The number of aromatic nitrogens is 2. The van der Waals surface area contributed by atoms with Crippen molar-refractivity contribution in [1.29, 1.82) is 0 Å². The summed E-state index contributed by atoms with van der Waals surface area (Å²) in [5.41, 5.74) is 0. The molecule has 4 nitrogen and oxygen atoms in total. The van der Waals surface area contributed by atoms with E-state index in [9.17, 15) is 0 Å². The predicted octanol–water partition coefficient (Wildman–Crippen LogP) is 1.23. The van der Waals surface area contributed by atoms with Crippen LogP contribution >= 0.6 is 0 Å². The van der Waals surface area contributed by atoms with Crippen molar-refractivity contribution in [2.24, 2.45) is 0 Å². The van der Waals surface area contributed by atoms with Crippen molar-refractivity contribution in [3.63, 3.8) is 0 Å². The Balaban J connectivity index is 1.48. The van der Waals surface area contributed by atoms with Crippen LogP contribution < -0.4 is 5.32 Å². The molecule has 1 aliphatic carbocycles. The number of hydrogen-bond acceptors (Lipinski definition) is 3. The highest BCUT2D eigenvalue weighted by molar-refractivity contribution is 4.94. The third-order valence-electron chi connectivity index (χ3n) is 3.78. The summed E-state index contributed by atoms with van der Waals surface area (Å²) >= 11 is 0. The molecule has 1 N–H and O–H groups in total. The molecule has 1 aromatic heterocycles. The number of nitrogens with one attached hydrogen (secondary N) is 1. The van der Waals surface area contributed by atoms with Crippen LogP contribution in [0.3, 0.4) is 0 Å². The highest BCUT2D eigenvalue weighted by Gasteiger charge is 2.20. The predicted molar refractivity (Wildman–Crippen MR) is 67.8 cm³/mol. The maximum Gasteiger partial charge on any atom is 0.122 e. The van der Waals surface area contributed by atoms with Crippen molar-refractivity contribution in [3.05, 3.63) is 18.2 Å². The van der Waals surface area contributed by atoms with Crippen molar-refractivity contribution in [2.75, 3.05) is 19.6 Å². The number of imidazole rings is 1. The van der Waals surface area contributed by atoms with E-state index in [4.69, 9.17) is 0 Å². The summed E-state index contributed by atoms with van der Waals surface area (Å²) in [5.74, 6) is 1.19. The van der Waals surface area contributed by atoms with Gasteiger partial charge in [0.1, 0.15) is 5.82 Å². The first-order valence-corrected chi connectivity index (χ1v) is 6.87. The zero-order valence-electron chi connectivity index (χ0n) is 10.4. The highest BCUT2D eigenvalue weighted by Crippen LogP contribution is 2.19. The van der Waals surface area contributed by atoms with Crippen LogP contribution in [0.15, 0.2) is 12.4 Å². The van der Waals surface area contributed by atoms with Crippen molar-refractivity contribution in [2.45, 2.75) is 44.8 Å². The Labute approximate surface area is 103 Å². The standard InChI is InChI=1S/C13H22N4/c1-2-7-16(6-1)9-10-17-8-5-14-13(17)11-15-12-3-4-12/h5,8,12,15H,1-4,6-7,9-11H2. The van der Waals surface area contributed by atoms with Crippen LogP contribution in [0.2, 0.25) is 0 Å². The van der Waals surface area contributed by atoms with Gasteiger partial charge in [-0.15, -0.1) is 0 Å². The first kappa shape index (κ1) is 11.2. The number of hydrogen-bond donors (Lipinski definition) is 1. The maximum absolute atomic E-state index is 4.44. The van der Waals surface area contributed by atoms with E-state index in [1.807, 2.05) is 6.20 Å². The minimum absolute atomic E-state index is 0.763. The fourth-order valence-electron chi connectivity index (χ4n) is 2.49. The van der Waals surface area contributed by atoms with Gasteiger partial charge in [-0.25, -0.2) is 4.98 Å². The SMILES string of the molecule is c1cn(CCN2CCCC2)c(CNC2CC2)n1. The van der Waals surface area contributed by atoms with Gasteiger partial charge >= 0.3 is 0 Å². The zero-order chi connectivity index (χ0) is 11.5. The molecule has 2 fully saturated rings. The molecular formula is C13H22N4. The molecule has 94 valence electrons. The lowest BCUT2D eigenvalue weighted by atomic mass is 10.4. The van der Waals surface area contributed by atoms with Gasteiger partial charge < -0.3 is 14.8 Å². The number of rotatable bonds is 6. The normalized spacial score (nSPS) is 21.2. The molecule has 1 aromatic rings. The summed E-state index contributed by atoms with van der Waals surface area (Å²) in [6.07, 6.45) is 9.47. The zero-order valence-corrected chi connectivity index (χ0v) is 10.4. The van der Waals surface area contributed by atoms with Crippen LogP contribution in [0.5, 0.6) is 0 Å². The molecule has 0 spiro atoms. The van der Waals surface area contributed by atoms with E-state index in [-0.39, 0.29) is 0 Å². The molecule has 0 bridgehead atoms. The van der Waals surface area contributed by atoms with Crippen LogP contribution in [0.4, 0.5) is 0 Å². The van der Waals surface area contributed by atoms with Crippen LogP contribution in [0.25, 0.3) is 0 Å². The van der Waals surface area contributed by atoms with Gasteiger partial charge in [-0.1, -0.05) is 0 Å². The largest absolute Gasteiger partial charge is 0.333 e. The van der Waals surface area contributed by atoms with Crippen molar-refractivity contribution < 1.29 is 0 Å². The smallest absolute Gasteiger partial charge is 0.122 e. The Kier molecular flexibility index (Phi) is 3.43. The average molecular weight is 234 g/mol. The molecule has 2 heterocycles. The van der Waals surface area contributed by atoms with Crippen LogP contribution in [0, 0.1) is 0 Å². The molecule has 3 rings (SSSR count). The Bertz CT molecular complexity index is 350. The van der Waals surface area contributed by atoms with Gasteiger partial charge in [-0.2, -0.15) is 0 Å². The van der Waals surface area contributed by atoms with E-state index in [0.29, 0.717) is 0 Å². The number of likely N-dealkylation sites (tertiary alicyclic amines) is 1. The molecule has 0 aromatic carbocycles. The summed E-state index contributed by atoms with van der Waals surface area (Å²) < 4.78 is 2.30. The molecule has 1 aliphatic heterocycles. The molecule has 2 aliphatic rings. The van der Waals surface area contributed by atoms with E-state index in [2.05, 4.69) is 26.0 Å². The molecule has 4 heteroatoms. The van der Waals surface area contributed by atoms with Gasteiger partial charge in [0.15, 0.2) is 0 Å². The summed E-state index contributed by atoms with van der Waals surface area (Å²) in [6, 6.07) is 0.763. The number of nitrogens with zero attached hydrogens (tertiary/aromatic N) is 3. The molecular weight excluding hydrogens is 212 g/mol. The van der Waals surface area contributed by atoms with Gasteiger partial charge in [-0.05, 0) is 38.8 Å². The van der Waals surface area contributed by atoms with E-state index < -0.39 is 0 Å². The first-order chi connectivity index (χ1) is 8.42.